The van der Waals surface area contributed by atoms with E-state index in [1.165, 1.54) is 5.56 Å². The van der Waals surface area contributed by atoms with E-state index in [9.17, 15) is 9.90 Å². The summed E-state index contributed by atoms with van der Waals surface area (Å²) in [5.74, 6) is -0.636. The summed E-state index contributed by atoms with van der Waals surface area (Å²) in [6.45, 7) is 2.11. The van der Waals surface area contributed by atoms with Crippen LogP contribution in [-0.2, 0) is 4.79 Å². The quantitative estimate of drug-likeness (QED) is 0.747. The molecule has 0 fully saturated rings. The van der Waals surface area contributed by atoms with Gasteiger partial charge >= 0.3 is 0 Å². The van der Waals surface area contributed by atoms with Crippen molar-refractivity contribution < 1.29 is 9.90 Å². The second-order valence-corrected chi connectivity index (χ2v) is 3.84. The molecule has 1 aromatic rings. The Labute approximate surface area is 89.2 Å². The van der Waals surface area contributed by atoms with Crippen molar-refractivity contribution in [3.8, 4) is 0 Å². The van der Waals surface area contributed by atoms with Gasteiger partial charge in [0.25, 0.3) is 0 Å². The van der Waals surface area contributed by atoms with Crippen LogP contribution in [0.5, 0.6) is 0 Å². The first-order valence-electron chi connectivity index (χ1n) is 5.22. The highest BCUT2D eigenvalue weighted by Crippen LogP contribution is 2.38. The molecule has 1 unspecified atom stereocenters. The summed E-state index contributed by atoms with van der Waals surface area (Å²) in [6.07, 6.45) is 3.08. The Morgan fingerprint density at radius 3 is 2.80 bits per heavy atom. The number of hydrogen-bond donors (Lipinski definition) is 0. The summed E-state index contributed by atoms with van der Waals surface area (Å²) in [5, 5.41) is 10.6. The van der Waals surface area contributed by atoms with E-state index in [0.717, 1.165) is 17.6 Å². The van der Waals surface area contributed by atoms with Gasteiger partial charge in [-0.05, 0) is 23.1 Å². The zero-order valence-corrected chi connectivity index (χ0v) is 8.69. The van der Waals surface area contributed by atoms with Gasteiger partial charge < -0.3 is 9.90 Å². The first-order chi connectivity index (χ1) is 7.22. The number of hydrogen-bond acceptors (Lipinski definition) is 2. The van der Waals surface area contributed by atoms with Crippen molar-refractivity contribution in [1.82, 2.24) is 0 Å². The number of allylic oxidation sites excluding steroid dienone is 1. The topological polar surface area (TPSA) is 40.1 Å². The van der Waals surface area contributed by atoms with Crippen molar-refractivity contribution >= 4 is 11.5 Å². The van der Waals surface area contributed by atoms with Gasteiger partial charge in [-0.15, -0.1) is 0 Å². The summed E-state index contributed by atoms with van der Waals surface area (Å²) >= 11 is 0. The lowest BCUT2D eigenvalue weighted by molar-refractivity contribution is -0.304. The van der Waals surface area contributed by atoms with E-state index in [2.05, 4.69) is 19.1 Å². The largest absolute Gasteiger partial charge is 0.550 e. The maximum absolute atomic E-state index is 10.6. The van der Waals surface area contributed by atoms with E-state index < -0.39 is 5.97 Å². The SMILES string of the molecule is CCC1C=C(CC(=O)[O-])c2ccccc21. The normalized spacial score (nSPS) is 18.5. The molecule has 78 valence electrons. The highest BCUT2D eigenvalue weighted by atomic mass is 16.4. The highest BCUT2D eigenvalue weighted by Gasteiger charge is 2.20. The van der Waals surface area contributed by atoms with Crippen molar-refractivity contribution in [2.75, 3.05) is 0 Å². The molecule has 1 aliphatic rings. The second kappa shape index (κ2) is 3.89. The number of carbonyl (C=O) groups is 1. The molecule has 1 atom stereocenters. The van der Waals surface area contributed by atoms with Crippen LogP contribution in [0.3, 0.4) is 0 Å². The molecular formula is C13H13O2-. The number of carboxylic acids is 1. The Balaban J connectivity index is 2.38. The molecule has 0 aromatic heterocycles. The fourth-order valence-electron chi connectivity index (χ4n) is 2.18. The van der Waals surface area contributed by atoms with Crippen LogP contribution in [-0.4, -0.2) is 5.97 Å². The Morgan fingerprint density at radius 2 is 2.13 bits per heavy atom. The molecule has 0 bridgehead atoms. The second-order valence-electron chi connectivity index (χ2n) is 3.84. The first-order valence-corrected chi connectivity index (χ1v) is 5.22. The number of rotatable bonds is 3. The van der Waals surface area contributed by atoms with E-state index in [-0.39, 0.29) is 6.42 Å². The average Bonchev–Trinajstić information content (AvgIpc) is 2.56. The molecule has 2 heteroatoms. The average molecular weight is 201 g/mol. The van der Waals surface area contributed by atoms with E-state index in [4.69, 9.17) is 0 Å². The zero-order valence-electron chi connectivity index (χ0n) is 8.69. The van der Waals surface area contributed by atoms with Crippen LogP contribution in [0, 0.1) is 0 Å². The van der Waals surface area contributed by atoms with Crippen LogP contribution in [0.15, 0.2) is 30.3 Å². The van der Waals surface area contributed by atoms with Gasteiger partial charge in [0.15, 0.2) is 0 Å². The van der Waals surface area contributed by atoms with Gasteiger partial charge in [-0.3, -0.25) is 0 Å². The van der Waals surface area contributed by atoms with Crippen LogP contribution in [0.4, 0.5) is 0 Å². The Kier molecular flexibility index (Phi) is 2.58. The molecule has 0 heterocycles. The maximum atomic E-state index is 10.6. The van der Waals surface area contributed by atoms with Crippen LogP contribution in [0.2, 0.25) is 0 Å². The minimum atomic E-state index is -1.01. The first kappa shape index (κ1) is 9.97. The number of carboxylic acid groups (broad SMARTS) is 1. The minimum absolute atomic E-state index is 0.0213. The third-order valence-electron chi connectivity index (χ3n) is 2.88. The number of benzene rings is 1. The summed E-state index contributed by atoms with van der Waals surface area (Å²) in [5.41, 5.74) is 3.22. The fraction of sp³-hybridized carbons (Fsp3) is 0.308. The molecule has 15 heavy (non-hydrogen) atoms. The fourth-order valence-corrected chi connectivity index (χ4v) is 2.18. The lowest BCUT2D eigenvalue weighted by atomic mass is 9.98. The van der Waals surface area contributed by atoms with E-state index >= 15 is 0 Å². The number of aliphatic carboxylic acids is 1. The third-order valence-corrected chi connectivity index (χ3v) is 2.88. The predicted octanol–water partition coefficient (Wildman–Crippen LogP) is 1.72. The van der Waals surface area contributed by atoms with Crippen molar-refractivity contribution in [1.29, 1.82) is 0 Å². The summed E-state index contributed by atoms with van der Waals surface area (Å²) in [7, 11) is 0. The van der Waals surface area contributed by atoms with E-state index in [1.54, 1.807) is 0 Å². The highest BCUT2D eigenvalue weighted by molar-refractivity contribution is 5.86. The van der Waals surface area contributed by atoms with Gasteiger partial charge in [-0.2, -0.15) is 0 Å². The van der Waals surface area contributed by atoms with Crippen LogP contribution < -0.4 is 5.11 Å². The third kappa shape index (κ3) is 1.80. The van der Waals surface area contributed by atoms with Crippen LogP contribution >= 0.6 is 0 Å². The number of fused-ring (bicyclic) bond motifs is 1. The number of carbonyl (C=O) groups excluding carboxylic acids is 1. The predicted molar refractivity (Wildman–Crippen MR) is 57.1 cm³/mol. The summed E-state index contributed by atoms with van der Waals surface area (Å²) < 4.78 is 0. The van der Waals surface area contributed by atoms with Gasteiger partial charge in [0.05, 0.1) is 0 Å². The van der Waals surface area contributed by atoms with Gasteiger partial charge in [0.2, 0.25) is 0 Å². The van der Waals surface area contributed by atoms with E-state index in [1.807, 2.05) is 18.2 Å². The Bertz CT molecular complexity index is 418. The smallest absolute Gasteiger partial charge is 0.0458 e. The molecule has 0 radical (unpaired) electrons. The van der Waals surface area contributed by atoms with Crippen molar-refractivity contribution in [2.45, 2.75) is 25.7 Å². The Morgan fingerprint density at radius 1 is 1.40 bits per heavy atom. The Hall–Kier alpha value is -1.57. The minimum Gasteiger partial charge on any atom is -0.550 e. The molecule has 1 aliphatic carbocycles. The standard InChI is InChI=1S/C13H14O2/c1-2-9-7-10(8-13(14)15)12-6-4-3-5-11(9)12/h3-7,9H,2,8H2,1H3,(H,14,15)/p-1. The summed E-state index contributed by atoms with van der Waals surface area (Å²) in [4.78, 5) is 10.6. The monoisotopic (exact) mass is 201 g/mol. The van der Waals surface area contributed by atoms with Gasteiger partial charge in [0.1, 0.15) is 0 Å². The van der Waals surface area contributed by atoms with Crippen LogP contribution in [0.1, 0.15) is 36.8 Å². The summed E-state index contributed by atoms with van der Waals surface area (Å²) in [6, 6.07) is 8.00. The molecule has 0 saturated heterocycles. The lowest BCUT2D eigenvalue weighted by Gasteiger charge is -2.07. The van der Waals surface area contributed by atoms with E-state index in [0.29, 0.717) is 5.92 Å². The molecule has 0 saturated carbocycles. The van der Waals surface area contributed by atoms with Crippen LogP contribution in [0.25, 0.3) is 5.57 Å². The van der Waals surface area contributed by atoms with Crippen molar-refractivity contribution in [2.24, 2.45) is 0 Å². The molecule has 2 nitrogen and oxygen atoms in total. The molecule has 0 N–H and O–H groups in total. The van der Waals surface area contributed by atoms with Crippen molar-refractivity contribution in [3.05, 3.63) is 41.5 Å². The van der Waals surface area contributed by atoms with Gasteiger partial charge in [0, 0.05) is 18.3 Å². The lowest BCUT2D eigenvalue weighted by Crippen LogP contribution is -2.21. The van der Waals surface area contributed by atoms with Gasteiger partial charge in [-0.25, -0.2) is 0 Å². The molecular weight excluding hydrogens is 188 g/mol. The molecule has 0 aliphatic heterocycles. The molecule has 2 rings (SSSR count). The zero-order chi connectivity index (χ0) is 10.8. The van der Waals surface area contributed by atoms with Crippen molar-refractivity contribution in [3.63, 3.8) is 0 Å². The molecule has 0 spiro atoms. The maximum Gasteiger partial charge on any atom is 0.0458 e. The van der Waals surface area contributed by atoms with Gasteiger partial charge in [-0.1, -0.05) is 37.3 Å². The molecule has 1 aromatic carbocycles. The molecule has 0 amide bonds.